The smallest absolute Gasteiger partial charge is 0.122 e. The first kappa shape index (κ1) is 9.57. The molecule has 1 atom stereocenters. The van der Waals surface area contributed by atoms with Crippen molar-refractivity contribution in [2.75, 3.05) is 0 Å². The zero-order valence-electron chi connectivity index (χ0n) is 8.99. The van der Waals surface area contributed by atoms with Crippen LogP contribution in [-0.2, 0) is 4.74 Å². The fraction of sp³-hybridized carbons (Fsp3) is 0.538. The SMILES string of the molecule is CC(C)C1CCC2=C(C=CCC=C2)O1. The molecular formula is C13H18O. The molecule has 0 fully saturated rings. The van der Waals surface area contributed by atoms with Crippen molar-refractivity contribution in [3.63, 3.8) is 0 Å². The molecule has 0 radical (unpaired) electrons. The van der Waals surface area contributed by atoms with Gasteiger partial charge < -0.3 is 4.74 Å². The minimum absolute atomic E-state index is 0.407. The molecule has 1 heteroatoms. The van der Waals surface area contributed by atoms with Crippen LogP contribution < -0.4 is 0 Å². The fourth-order valence-electron chi connectivity index (χ4n) is 1.96. The van der Waals surface area contributed by atoms with Crippen molar-refractivity contribution in [3.8, 4) is 0 Å². The predicted molar refractivity (Wildman–Crippen MR) is 58.9 cm³/mol. The van der Waals surface area contributed by atoms with Crippen molar-refractivity contribution in [1.82, 2.24) is 0 Å². The first-order valence-electron chi connectivity index (χ1n) is 5.50. The summed E-state index contributed by atoms with van der Waals surface area (Å²) < 4.78 is 5.97. The number of ether oxygens (including phenoxy) is 1. The molecule has 76 valence electrons. The van der Waals surface area contributed by atoms with E-state index in [-0.39, 0.29) is 0 Å². The third-order valence-corrected chi connectivity index (χ3v) is 2.90. The molecule has 0 aromatic heterocycles. The van der Waals surface area contributed by atoms with Gasteiger partial charge in [0.25, 0.3) is 0 Å². The van der Waals surface area contributed by atoms with Crippen molar-refractivity contribution >= 4 is 0 Å². The van der Waals surface area contributed by atoms with Crippen molar-refractivity contribution in [2.45, 2.75) is 39.2 Å². The van der Waals surface area contributed by atoms with Gasteiger partial charge in [0.15, 0.2) is 0 Å². The number of hydrogen-bond donors (Lipinski definition) is 0. The van der Waals surface area contributed by atoms with Gasteiger partial charge in [-0.1, -0.05) is 32.1 Å². The van der Waals surface area contributed by atoms with E-state index in [1.165, 1.54) is 12.0 Å². The van der Waals surface area contributed by atoms with Crippen LogP contribution in [0.4, 0.5) is 0 Å². The second kappa shape index (κ2) is 4.04. The maximum Gasteiger partial charge on any atom is 0.122 e. The van der Waals surface area contributed by atoms with Crippen LogP contribution in [0.2, 0.25) is 0 Å². The normalized spacial score (nSPS) is 26.1. The molecule has 1 unspecified atom stereocenters. The summed E-state index contributed by atoms with van der Waals surface area (Å²) in [6.45, 7) is 4.46. The Morgan fingerprint density at radius 2 is 2.07 bits per heavy atom. The van der Waals surface area contributed by atoms with Gasteiger partial charge >= 0.3 is 0 Å². The van der Waals surface area contributed by atoms with E-state index in [4.69, 9.17) is 4.74 Å². The van der Waals surface area contributed by atoms with E-state index in [1.807, 2.05) is 0 Å². The van der Waals surface area contributed by atoms with Crippen molar-refractivity contribution in [2.24, 2.45) is 5.92 Å². The summed E-state index contributed by atoms with van der Waals surface area (Å²) in [6.07, 6.45) is 12.5. The molecule has 1 aliphatic carbocycles. The highest BCUT2D eigenvalue weighted by atomic mass is 16.5. The molecule has 0 aromatic carbocycles. The highest BCUT2D eigenvalue weighted by Crippen LogP contribution is 2.30. The van der Waals surface area contributed by atoms with Crippen LogP contribution >= 0.6 is 0 Å². The predicted octanol–water partition coefficient (Wildman–Crippen LogP) is 3.59. The maximum absolute atomic E-state index is 5.97. The van der Waals surface area contributed by atoms with E-state index >= 15 is 0 Å². The summed E-state index contributed by atoms with van der Waals surface area (Å²) in [5, 5.41) is 0. The standard InChI is InChI=1S/C13H18O/c1-10(2)12-9-8-11-6-4-3-5-7-13(11)14-12/h4-7,10,12H,3,8-9H2,1-2H3. The summed E-state index contributed by atoms with van der Waals surface area (Å²) >= 11 is 0. The van der Waals surface area contributed by atoms with E-state index in [2.05, 4.69) is 38.2 Å². The Balaban J connectivity index is 2.17. The molecule has 0 saturated heterocycles. The third-order valence-electron chi connectivity index (χ3n) is 2.90. The van der Waals surface area contributed by atoms with Gasteiger partial charge in [-0.3, -0.25) is 0 Å². The van der Waals surface area contributed by atoms with Gasteiger partial charge in [0, 0.05) is 0 Å². The number of allylic oxidation sites excluding steroid dienone is 5. The van der Waals surface area contributed by atoms with Gasteiger partial charge in [-0.25, -0.2) is 0 Å². The summed E-state index contributed by atoms with van der Waals surface area (Å²) in [5.41, 5.74) is 1.37. The minimum atomic E-state index is 0.407. The number of hydrogen-bond acceptors (Lipinski definition) is 1. The quantitative estimate of drug-likeness (QED) is 0.614. The van der Waals surface area contributed by atoms with E-state index in [9.17, 15) is 0 Å². The first-order valence-corrected chi connectivity index (χ1v) is 5.50. The third kappa shape index (κ3) is 1.92. The summed E-state index contributed by atoms with van der Waals surface area (Å²) in [5.74, 6) is 1.72. The van der Waals surface area contributed by atoms with Crippen molar-refractivity contribution in [3.05, 3.63) is 35.6 Å². The molecular weight excluding hydrogens is 172 g/mol. The Morgan fingerprint density at radius 3 is 2.86 bits per heavy atom. The molecule has 0 saturated carbocycles. The first-order chi connectivity index (χ1) is 6.77. The van der Waals surface area contributed by atoms with Crippen LogP contribution in [0.5, 0.6) is 0 Å². The molecule has 1 heterocycles. The largest absolute Gasteiger partial charge is 0.490 e. The Bertz CT molecular complexity index is 294. The molecule has 0 bridgehead atoms. The van der Waals surface area contributed by atoms with Gasteiger partial charge in [0.1, 0.15) is 11.9 Å². The van der Waals surface area contributed by atoms with Crippen LogP contribution in [0.15, 0.2) is 35.6 Å². The van der Waals surface area contributed by atoms with E-state index < -0.39 is 0 Å². The van der Waals surface area contributed by atoms with Gasteiger partial charge in [-0.05, 0) is 36.8 Å². The molecule has 0 N–H and O–H groups in total. The topological polar surface area (TPSA) is 9.23 Å². The number of rotatable bonds is 1. The monoisotopic (exact) mass is 190 g/mol. The summed E-state index contributed by atoms with van der Waals surface area (Å²) in [7, 11) is 0. The van der Waals surface area contributed by atoms with Gasteiger partial charge in [0.05, 0.1) is 0 Å². The lowest BCUT2D eigenvalue weighted by molar-refractivity contribution is 0.0636. The minimum Gasteiger partial charge on any atom is -0.490 e. The molecule has 14 heavy (non-hydrogen) atoms. The van der Waals surface area contributed by atoms with Crippen LogP contribution in [0, 0.1) is 5.92 Å². The Labute approximate surface area is 86.2 Å². The maximum atomic E-state index is 5.97. The molecule has 1 aliphatic heterocycles. The highest BCUT2D eigenvalue weighted by Gasteiger charge is 2.22. The summed E-state index contributed by atoms with van der Waals surface area (Å²) in [6, 6.07) is 0. The zero-order valence-corrected chi connectivity index (χ0v) is 8.99. The van der Waals surface area contributed by atoms with Crippen LogP contribution in [0.25, 0.3) is 0 Å². The van der Waals surface area contributed by atoms with Crippen molar-refractivity contribution < 1.29 is 4.74 Å². The van der Waals surface area contributed by atoms with Gasteiger partial charge in [-0.2, -0.15) is 0 Å². The molecule has 0 aromatic rings. The lowest BCUT2D eigenvalue weighted by atomic mass is 9.95. The van der Waals surface area contributed by atoms with E-state index in [0.29, 0.717) is 12.0 Å². The van der Waals surface area contributed by atoms with E-state index in [1.54, 1.807) is 0 Å². The van der Waals surface area contributed by atoms with Crippen LogP contribution in [0.3, 0.4) is 0 Å². The second-order valence-electron chi connectivity index (χ2n) is 4.37. The van der Waals surface area contributed by atoms with Gasteiger partial charge in [0.2, 0.25) is 0 Å². The second-order valence-corrected chi connectivity index (χ2v) is 4.37. The highest BCUT2D eigenvalue weighted by molar-refractivity contribution is 5.33. The average Bonchev–Trinajstić information content (AvgIpc) is 2.41. The average molecular weight is 190 g/mol. The molecule has 2 rings (SSSR count). The Hall–Kier alpha value is -0.980. The van der Waals surface area contributed by atoms with Crippen LogP contribution in [-0.4, -0.2) is 6.10 Å². The Kier molecular flexibility index (Phi) is 2.76. The molecule has 0 spiro atoms. The zero-order chi connectivity index (χ0) is 9.97. The molecule has 2 aliphatic rings. The van der Waals surface area contributed by atoms with E-state index in [0.717, 1.165) is 18.6 Å². The lowest BCUT2D eigenvalue weighted by Gasteiger charge is -2.28. The molecule has 1 nitrogen and oxygen atoms in total. The fourth-order valence-corrected chi connectivity index (χ4v) is 1.96. The Morgan fingerprint density at radius 1 is 1.29 bits per heavy atom. The summed E-state index contributed by atoms with van der Waals surface area (Å²) in [4.78, 5) is 0. The van der Waals surface area contributed by atoms with Crippen LogP contribution in [0.1, 0.15) is 33.1 Å². The van der Waals surface area contributed by atoms with Crippen molar-refractivity contribution in [1.29, 1.82) is 0 Å². The molecule has 0 amide bonds. The lowest BCUT2D eigenvalue weighted by Crippen LogP contribution is -2.23. The van der Waals surface area contributed by atoms with Gasteiger partial charge in [-0.15, -0.1) is 0 Å².